The van der Waals surface area contributed by atoms with Gasteiger partial charge in [0.25, 0.3) is 0 Å². The number of aromatic amines is 2. The van der Waals surface area contributed by atoms with Crippen molar-refractivity contribution in [2.24, 2.45) is 5.73 Å². The number of nitrogens with zero attached hydrogens (tertiary/aromatic N) is 2. The van der Waals surface area contributed by atoms with E-state index < -0.39 is 0 Å². The summed E-state index contributed by atoms with van der Waals surface area (Å²) in [6.45, 7) is 22.3. The van der Waals surface area contributed by atoms with Crippen LogP contribution in [0, 0.1) is 13.8 Å². The van der Waals surface area contributed by atoms with Gasteiger partial charge in [0.05, 0.1) is 54.7 Å². The Morgan fingerprint density at radius 3 is 2.33 bits per heavy atom. The van der Waals surface area contributed by atoms with Crippen LogP contribution in [0.25, 0.3) is 50.4 Å². The monoisotopic (exact) mass is 660 g/mol. The van der Waals surface area contributed by atoms with E-state index in [-0.39, 0.29) is 5.78 Å². The molecule has 0 saturated heterocycles. The normalized spacial score (nSPS) is 14.0. The molecular weight excluding hydrogens is 612 g/mol. The number of hydrogen-bond donors (Lipinski definition) is 4. The van der Waals surface area contributed by atoms with Crippen LogP contribution in [0.4, 0.5) is 0 Å². The van der Waals surface area contributed by atoms with E-state index in [4.69, 9.17) is 25.2 Å². The minimum Gasteiger partial charge on any atom is -0.386 e. The predicted octanol–water partition coefficient (Wildman–Crippen LogP) is 7.46. The summed E-state index contributed by atoms with van der Waals surface area (Å²) in [5, 5.41) is 3.40. The van der Waals surface area contributed by atoms with Crippen LogP contribution in [-0.4, -0.2) is 65.2 Å². The summed E-state index contributed by atoms with van der Waals surface area (Å²) >= 11 is 0. The van der Waals surface area contributed by atoms with Crippen LogP contribution in [0.1, 0.15) is 95.4 Å². The molecule has 3 aromatic heterocycles. The molecule has 0 amide bonds. The lowest BCUT2D eigenvalue weighted by Crippen LogP contribution is -2.20. The van der Waals surface area contributed by atoms with Gasteiger partial charge in [-0.25, -0.2) is 9.97 Å². The molecule has 2 aliphatic heterocycles. The van der Waals surface area contributed by atoms with Crippen LogP contribution in [0.2, 0.25) is 0 Å². The van der Waals surface area contributed by atoms with Gasteiger partial charge in [-0.3, -0.25) is 4.79 Å². The van der Waals surface area contributed by atoms with Gasteiger partial charge in [0.1, 0.15) is 0 Å². The molecule has 0 radical (unpaired) electrons. The Labute approximate surface area is 288 Å². The first kappa shape index (κ1) is 34.3. The van der Waals surface area contributed by atoms with Crippen molar-refractivity contribution in [1.82, 2.24) is 25.3 Å². The number of hydrogen-bond acceptors (Lipinski definition) is 7. The van der Waals surface area contributed by atoms with Gasteiger partial charge in [-0.1, -0.05) is 26.2 Å². The van der Waals surface area contributed by atoms with E-state index in [1.54, 1.807) is 0 Å². The van der Waals surface area contributed by atoms with Crippen molar-refractivity contribution in [3.63, 3.8) is 0 Å². The molecule has 3 aromatic rings. The average Bonchev–Trinajstić information content (AvgIpc) is 3.83. The maximum absolute atomic E-state index is 13.6. The number of ether oxygens (including phenoxy) is 2. The summed E-state index contributed by atoms with van der Waals surface area (Å²) in [4.78, 5) is 31.3. The zero-order valence-corrected chi connectivity index (χ0v) is 29.5. The van der Waals surface area contributed by atoms with E-state index in [2.05, 4.69) is 74.3 Å². The summed E-state index contributed by atoms with van der Waals surface area (Å²) in [7, 11) is 0. The second-order valence-electron chi connectivity index (χ2n) is 13.0. The Morgan fingerprint density at radius 2 is 1.59 bits per heavy atom. The van der Waals surface area contributed by atoms with Crippen LogP contribution in [0.5, 0.6) is 0 Å². The first-order valence-corrected chi connectivity index (χ1v) is 17.3. The third kappa shape index (κ3) is 6.58. The van der Waals surface area contributed by atoms with Gasteiger partial charge in [0, 0.05) is 58.4 Å². The maximum atomic E-state index is 13.6. The Kier molecular flexibility index (Phi) is 10.2. The zero-order valence-electron chi connectivity index (χ0n) is 29.5. The molecule has 5 heterocycles. The summed E-state index contributed by atoms with van der Waals surface area (Å²) in [6, 6.07) is 6.35. The molecule has 0 aromatic carbocycles. The van der Waals surface area contributed by atoms with E-state index in [1.165, 1.54) is 5.57 Å². The highest BCUT2D eigenvalue weighted by atomic mass is 16.5. The topological polar surface area (TPSA) is 131 Å². The van der Waals surface area contributed by atoms with Gasteiger partial charge in [-0.05, 0) is 98.6 Å². The van der Waals surface area contributed by atoms with Gasteiger partial charge in [0.2, 0.25) is 0 Å². The van der Waals surface area contributed by atoms with E-state index in [0.29, 0.717) is 45.9 Å². The van der Waals surface area contributed by atoms with E-state index in [9.17, 15) is 4.79 Å². The molecule has 5 N–H and O–H groups in total. The Bertz CT molecular complexity index is 2080. The molecule has 9 heteroatoms. The zero-order chi connectivity index (χ0) is 34.8. The van der Waals surface area contributed by atoms with Crippen molar-refractivity contribution in [1.29, 1.82) is 0 Å². The van der Waals surface area contributed by atoms with Crippen LogP contribution in [0.3, 0.4) is 0 Å². The molecule has 49 heavy (non-hydrogen) atoms. The van der Waals surface area contributed by atoms with Crippen molar-refractivity contribution in [3.05, 3.63) is 87.6 Å². The smallest absolute Gasteiger partial charge is 0.169 e. The minimum absolute atomic E-state index is 0.119. The largest absolute Gasteiger partial charge is 0.386 e. The minimum atomic E-state index is 0.119. The van der Waals surface area contributed by atoms with Gasteiger partial charge in [-0.2, -0.15) is 0 Å². The van der Waals surface area contributed by atoms with Crippen molar-refractivity contribution >= 4 is 56.2 Å². The molecule has 0 saturated carbocycles. The molecular formula is C40H48N6O3. The van der Waals surface area contributed by atoms with Gasteiger partial charge in [0.15, 0.2) is 5.78 Å². The molecule has 256 valence electrons. The number of aromatic nitrogens is 4. The number of H-pyrrole nitrogens is 2. The number of carbonyl (C=O) groups is 1. The molecule has 3 aliphatic rings. The highest BCUT2D eigenvalue weighted by Gasteiger charge is 2.31. The lowest BCUT2D eigenvalue weighted by molar-refractivity contribution is 0.0524. The number of allylic oxidation sites excluding steroid dienone is 5. The molecule has 1 aliphatic carbocycles. The fourth-order valence-electron chi connectivity index (χ4n) is 7.16. The number of ketones is 1. The summed E-state index contributed by atoms with van der Waals surface area (Å²) in [5.74, 6) is 0.119. The number of nitrogens with two attached hydrogens (primary N) is 1. The average molecular weight is 661 g/mol. The molecule has 0 spiro atoms. The molecule has 0 unspecified atom stereocenters. The van der Waals surface area contributed by atoms with Crippen molar-refractivity contribution in [3.8, 4) is 0 Å². The quantitative estimate of drug-likeness (QED) is 0.132. The standard InChI is InChI=1S/C40H48N6O3/c1-8-27-23(4)31-19-33-25(6)29(11-10-22(3)42-13-15-49-17-16-48-14-12-41)39(45-33)30-18-37(47)38-26(7)34(46-40(30)38)21-36-28(9-2)24(5)32(44-36)20-35(27)43-31/h8,19-21,42-43,46H,1,3,9-18,41H2,2,4-7H3. The number of aryl methyl sites for hydroxylation is 2. The lowest BCUT2D eigenvalue weighted by Gasteiger charge is -2.12. The van der Waals surface area contributed by atoms with Crippen molar-refractivity contribution < 1.29 is 14.3 Å². The predicted molar refractivity (Wildman–Crippen MR) is 201 cm³/mol. The van der Waals surface area contributed by atoms with Crippen LogP contribution < -0.4 is 11.1 Å². The van der Waals surface area contributed by atoms with E-state index >= 15 is 0 Å². The maximum Gasteiger partial charge on any atom is 0.169 e. The Morgan fingerprint density at radius 1 is 0.918 bits per heavy atom. The third-order valence-electron chi connectivity index (χ3n) is 9.94. The van der Waals surface area contributed by atoms with E-state index in [1.807, 2.05) is 13.0 Å². The molecule has 6 rings (SSSR count). The Balaban J connectivity index is 1.44. The van der Waals surface area contributed by atoms with E-state index in [0.717, 1.165) is 114 Å². The number of Topliss-reactive ketones (excluding diaryl/α,β-unsaturated/α-hetero) is 1. The van der Waals surface area contributed by atoms with Gasteiger partial charge >= 0.3 is 0 Å². The summed E-state index contributed by atoms with van der Waals surface area (Å²) < 4.78 is 11.0. The van der Waals surface area contributed by atoms with Crippen molar-refractivity contribution in [2.45, 2.75) is 60.3 Å². The van der Waals surface area contributed by atoms with Gasteiger partial charge < -0.3 is 30.5 Å². The fraction of sp³-hybridized carbons (Fsp3) is 0.375. The molecule has 0 atom stereocenters. The molecule has 9 nitrogen and oxygen atoms in total. The number of carbonyl (C=O) groups excluding carboxylic acids is 1. The second kappa shape index (κ2) is 14.5. The SMILES string of the molecule is C=Cc1c(C)c2cc3nc(c4c5[nH]c(cc6nc(cc1[nH]2)C(C)=C6CC)c(C)c5C(=O)C4)C(CCC(=C)NCCOCCOCCN)=C3C. The first-order chi connectivity index (χ1) is 23.7. The number of nitrogens with one attached hydrogen (secondary N) is 3. The molecule has 8 bridgehead atoms. The van der Waals surface area contributed by atoms with Crippen LogP contribution in [0.15, 0.2) is 37.1 Å². The molecule has 0 fully saturated rings. The summed E-state index contributed by atoms with van der Waals surface area (Å²) in [6.07, 6.45) is 4.52. The Hall–Kier alpha value is -4.57. The second-order valence-corrected chi connectivity index (χ2v) is 13.0. The first-order valence-electron chi connectivity index (χ1n) is 17.3. The summed E-state index contributed by atoms with van der Waals surface area (Å²) in [5.41, 5.74) is 23.1. The number of fused-ring (bicyclic) bond motifs is 8. The van der Waals surface area contributed by atoms with Gasteiger partial charge in [-0.15, -0.1) is 0 Å². The highest BCUT2D eigenvalue weighted by molar-refractivity contribution is 6.14. The van der Waals surface area contributed by atoms with Crippen molar-refractivity contribution in [2.75, 3.05) is 39.5 Å². The van der Waals surface area contributed by atoms with Crippen LogP contribution >= 0.6 is 0 Å². The lowest BCUT2D eigenvalue weighted by atomic mass is 9.97. The third-order valence-corrected chi connectivity index (χ3v) is 9.94. The fourth-order valence-corrected chi connectivity index (χ4v) is 7.16. The van der Waals surface area contributed by atoms with Crippen LogP contribution in [-0.2, 0) is 15.9 Å². The number of rotatable bonds is 14. The highest BCUT2D eigenvalue weighted by Crippen LogP contribution is 2.41.